The number of carbonyl (C=O) groups is 1. The lowest BCUT2D eigenvalue weighted by molar-refractivity contribution is 0.0932. The summed E-state index contributed by atoms with van der Waals surface area (Å²) in [6.07, 6.45) is 2.54. The first-order valence-corrected chi connectivity index (χ1v) is 12.1. The van der Waals surface area contributed by atoms with Gasteiger partial charge in [0.2, 0.25) is 0 Å². The second kappa shape index (κ2) is 11.1. The summed E-state index contributed by atoms with van der Waals surface area (Å²) in [5.74, 6) is 1.53. The zero-order valence-electron chi connectivity index (χ0n) is 20.6. The molecule has 0 unspecified atom stereocenters. The highest BCUT2D eigenvalue weighted by Crippen LogP contribution is 2.24. The summed E-state index contributed by atoms with van der Waals surface area (Å²) < 4.78 is 10.7. The maximum absolute atomic E-state index is 12.8. The van der Waals surface area contributed by atoms with Crippen molar-refractivity contribution in [1.29, 1.82) is 0 Å². The quantitative estimate of drug-likeness (QED) is 0.474. The lowest BCUT2D eigenvalue weighted by Gasteiger charge is -2.37. The van der Waals surface area contributed by atoms with Gasteiger partial charge in [-0.05, 0) is 75.1 Å². The predicted octanol–water partition coefficient (Wildman–Crippen LogP) is 2.45. The number of hydrazine groups is 1. The van der Waals surface area contributed by atoms with Crippen molar-refractivity contribution in [2.75, 3.05) is 32.2 Å². The first kappa shape index (κ1) is 24.3. The average Bonchev–Trinajstić information content (AvgIpc) is 3.29. The van der Waals surface area contributed by atoms with E-state index in [4.69, 9.17) is 9.47 Å². The third-order valence-corrected chi connectivity index (χ3v) is 6.53. The fourth-order valence-corrected chi connectivity index (χ4v) is 4.86. The SMILES string of the molecule is COc1cc(CC[C@@H]2C[C@H](NC(=O)c3ccc(N4C[C@@H](C)N[C@H](C)C4)cc3)NN2)cc(OC)c1. The third kappa shape index (κ3) is 6.20. The van der Waals surface area contributed by atoms with Crippen LogP contribution in [0.3, 0.4) is 0 Å². The standard InChI is InChI=1S/C26H37N5O3/c1-17-15-31(16-18(2)27-17)22-9-6-20(7-10-22)26(32)28-25-13-21(29-30-25)8-5-19-11-23(33-3)14-24(12-19)34-4/h6-7,9-12,14,17-18,21,25,27,29-30H,5,8,13,15-16H2,1-4H3,(H,28,32)/t17-,18-,21-,25-/m1/s1. The number of hydrogen-bond acceptors (Lipinski definition) is 7. The van der Waals surface area contributed by atoms with E-state index >= 15 is 0 Å². The van der Waals surface area contributed by atoms with Gasteiger partial charge in [-0.25, -0.2) is 5.43 Å². The topological polar surface area (TPSA) is 86.9 Å². The summed E-state index contributed by atoms with van der Waals surface area (Å²) in [4.78, 5) is 15.2. The Bertz CT molecular complexity index is 935. The molecule has 4 rings (SSSR count). The van der Waals surface area contributed by atoms with Crippen LogP contribution >= 0.6 is 0 Å². The van der Waals surface area contributed by atoms with Gasteiger partial charge in [-0.1, -0.05) is 0 Å². The van der Waals surface area contributed by atoms with Crippen molar-refractivity contribution >= 4 is 11.6 Å². The first-order valence-electron chi connectivity index (χ1n) is 12.1. The smallest absolute Gasteiger partial charge is 0.252 e. The van der Waals surface area contributed by atoms with Crippen molar-refractivity contribution in [2.24, 2.45) is 0 Å². The van der Waals surface area contributed by atoms with Crippen LogP contribution in [0.4, 0.5) is 5.69 Å². The summed E-state index contributed by atoms with van der Waals surface area (Å²) in [5.41, 5.74) is 9.53. The molecule has 2 heterocycles. The van der Waals surface area contributed by atoms with E-state index in [1.807, 2.05) is 42.5 Å². The van der Waals surface area contributed by atoms with Crippen LogP contribution in [0.15, 0.2) is 42.5 Å². The first-order chi connectivity index (χ1) is 16.4. The van der Waals surface area contributed by atoms with Crippen LogP contribution in [-0.4, -0.2) is 57.5 Å². The fourth-order valence-electron chi connectivity index (χ4n) is 4.86. The molecule has 2 fully saturated rings. The van der Waals surface area contributed by atoms with E-state index in [1.165, 1.54) is 5.56 Å². The molecule has 8 heteroatoms. The number of methoxy groups -OCH3 is 2. The predicted molar refractivity (Wildman–Crippen MR) is 135 cm³/mol. The lowest BCUT2D eigenvalue weighted by atomic mass is 10.0. The van der Waals surface area contributed by atoms with Gasteiger partial charge in [-0.15, -0.1) is 0 Å². The molecular formula is C26H37N5O3. The van der Waals surface area contributed by atoms with Crippen LogP contribution < -0.4 is 35.9 Å². The number of carbonyl (C=O) groups excluding carboxylic acids is 1. The maximum Gasteiger partial charge on any atom is 0.252 e. The molecule has 0 spiro atoms. The van der Waals surface area contributed by atoms with Crippen LogP contribution in [-0.2, 0) is 6.42 Å². The summed E-state index contributed by atoms with van der Waals surface area (Å²) >= 11 is 0. The second-order valence-electron chi connectivity index (χ2n) is 9.43. The molecule has 0 aliphatic carbocycles. The van der Waals surface area contributed by atoms with Crippen LogP contribution in [0.2, 0.25) is 0 Å². The monoisotopic (exact) mass is 467 g/mol. The number of aryl methyl sites for hydroxylation is 1. The Hall–Kier alpha value is -2.81. The Balaban J connectivity index is 1.26. The lowest BCUT2D eigenvalue weighted by Crippen LogP contribution is -2.54. The largest absolute Gasteiger partial charge is 0.497 e. The van der Waals surface area contributed by atoms with E-state index in [9.17, 15) is 4.79 Å². The van der Waals surface area contributed by atoms with Crippen molar-refractivity contribution in [2.45, 2.75) is 57.4 Å². The summed E-state index contributed by atoms with van der Waals surface area (Å²) in [6, 6.07) is 15.0. The van der Waals surface area contributed by atoms with E-state index in [2.05, 4.69) is 40.2 Å². The molecule has 1 amide bonds. The zero-order chi connectivity index (χ0) is 24.1. The van der Waals surface area contributed by atoms with Gasteiger partial charge >= 0.3 is 0 Å². The number of benzene rings is 2. The number of amides is 1. The minimum atomic E-state index is -0.105. The fraction of sp³-hybridized carbons (Fsp3) is 0.500. The Morgan fingerprint density at radius 2 is 1.65 bits per heavy atom. The van der Waals surface area contributed by atoms with E-state index in [1.54, 1.807) is 14.2 Å². The van der Waals surface area contributed by atoms with E-state index in [-0.39, 0.29) is 18.1 Å². The third-order valence-electron chi connectivity index (χ3n) is 6.53. The van der Waals surface area contributed by atoms with Crippen molar-refractivity contribution in [3.05, 3.63) is 53.6 Å². The number of nitrogens with one attached hydrogen (secondary N) is 4. The highest BCUT2D eigenvalue weighted by molar-refractivity contribution is 5.94. The van der Waals surface area contributed by atoms with Crippen LogP contribution in [0.1, 0.15) is 42.6 Å². The minimum absolute atomic E-state index is 0.0638. The van der Waals surface area contributed by atoms with Crippen LogP contribution in [0, 0.1) is 0 Å². The van der Waals surface area contributed by atoms with E-state index in [0.717, 1.165) is 49.5 Å². The van der Waals surface area contributed by atoms with Gasteiger partial charge in [-0.2, -0.15) is 0 Å². The van der Waals surface area contributed by atoms with Gasteiger partial charge in [0.05, 0.1) is 20.4 Å². The number of ether oxygens (including phenoxy) is 2. The average molecular weight is 468 g/mol. The highest BCUT2D eigenvalue weighted by atomic mass is 16.5. The number of nitrogens with zero attached hydrogens (tertiary/aromatic N) is 1. The maximum atomic E-state index is 12.8. The normalized spacial score (nSPS) is 24.6. The molecule has 0 bridgehead atoms. The van der Waals surface area contributed by atoms with Gasteiger partial charge in [0.25, 0.3) is 5.91 Å². The van der Waals surface area contributed by atoms with Crippen LogP contribution in [0.5, 0.6) is 11.5 Å². The zero-order valence-corrected chi connectivity index (χ0v) is 20.6. The summed E-state index contributed by atoms with van der Waals surface area (Å²) in [6.45, 7) is 6.34. The molecule has 4 N–H and O–H groups in total. The Morgan fingerprint density at radius 3 is 2.26 bits per heavy atom. The molecule has 2 aromatic carbocycles. The minimum Gasteiger partial charge on any atom is -0.497 e. The van der Waals surface area contributed by atoms with Crippen molar-refractivity contribution in [3.63, 3.8) is 0 Å². The summed E-state index contributed by atoms with van der Waals surface area (Å²) in [7, 11) is 3.32. The van der Waals surface area contributed by atoms with Crippen LogP contribution in [0.25, 0.3) is 0 Å². The van der Waals surface area contributed by atoms with Gasteiger partial charge in [-0.3, -0.25) is 10.2 Å². The van der Waals surface area contributed by atoms with E-state index < -0.39 is 0 Å². The molecule has 2 aromatic rings. The molecule has 2 saturated heterocycles. The molecule has 2 aliphatic rings. The number of anilines is 1. The van der Waals surface area contributed by atoms with Crippen molar-refractivity contribution < 1.29 is 14.3 Å². The summed E-state index contributed by atoms with van der Waals surface area (Å²) in [5, 5.41) is 6.65. The number of piperazine rings is 1. The second-order valence-corrected chi connectivity index (χ2v) is 9.43. The Labute approximate surface area is 202 Å². The molecule has 4 atom stereocenters. The highest BCUT2D eigenvalue weighted by Gasteiger charge is 2.25. The molecule has 0 saturated carbocycles. The molecule has 2 aliphatic heterocycles. The molecule has 8 nitrogen and oxygen atoms in total. The molecule has 184 valence electrons. The van der Waals surface area contributed by atoms with Crippen molar-refractivity contribution in [1.82, 2.24) is 21.5 Å². The van der Waals surface area contributed by atoms with Gasteiger partial charge in [0.1, 0.15) is 11.5 Å². The molecule has 0 radical (unpaired) electrons. The van der Waals surface area contributed by atoms with Gasteiger partial charge < -0.3 is 25.0 Å². The molecular weight excluding hydrogens is 430 g/mol. The van der Waals surface area contributed by atoms with Crippen molar-refractivity contribution in [3.8, 4) is 11.5 Å². The molecule has 34 heavy (non-hydrogen) atoms. The Morgan fingerprint density at radius 1 is 1.00 bits per heavy atom. The van der Waals surface area contributed by atoms with Gasteiger partial charge in [0, 0.05) is 48.5 Å². The molecule has 0 aromatic heterocycles. The van der Waals surface area contributed by atoms with E-state index in [0.29, 0.717) is 17.6 Å². The number of hydrogen-bond donors (Lipinski definition) is 4. The van der Waals surface area contributed by atoms with Gasteiger partial charge in [0.15, 0.2) is 0 Å². The Kier molecular flexibility index (Phi) is 7.92. The number of rotatable bonds is 8.